The number of hydrogen-bond acceptors (Lipinski definition) is 5. The van der Waals surface area contributed by atoms with Gasteiger partial charge in [0.25, 0.3) is 0 Å². The van der Waals surface area contributed by atoms with E-state index in [1.807, 2.05) is 53.9 Å². The molecule has 0 aliphatic carbocycles. The molecular weight excluding hydrogens is 334 g/mol. The molecule has 1 N–H and O–H groups in total. The summed E-state index contributed by atoms with van der Waals surface area (Å²) in [5.41, 5.74) is 2.94. The van der Waals surface area contributed by atoms with Crippen LogP contribution in [0.2, 0.25) is 0 Å². The molecular formula is C19H17N3O2S. The standard InChI is InChI=1S/C19H17N3O2S/c1-22(25-24-15-7-5-6-14(11-15)23-2)13-10-17-16-8-3-4-9-18(16)21-19(17)20-12-13/h3-12H,1-2H3,(H,20,21). The summed E-state index contributed by atoms with van der Waals surface area (Å²) in [6.07, 6.45) is 1.83. The lowest BCUT2D eigenvalue weighted by Crippen LogP contribution is -2.08. The number of benzene rings is 2. The van der Waals surface area contributed by atoms with E-state index in [1.54, 1.807) is 7.11 Å². The molecule has 4 rings (SSSR count). The van der Waals surface area contributed by atoms with Gasteiger partial charge in [0.15, 0.2) is 12.2 Å². The maximum atomic E-state index is 5.77. The van der Waals surface area contributed by atoms with Gasteiger partial charge in [0.2, 0.25) is 0 Å². The van der Waals surface area contributed by atoms with Crippen molar-refractivity contribution in [1.82, 2.24) is 9.97 Å². The van der Waals surface area contributed by atoms with Crippen molar-refractivity contribution in [2.75, 3.05) is 18.5 Å². The highest BCUT2D eigenvalue weighted by atomic mass is 32.2. The third-order valence-electron chi connectivity index (χ3n) is 3.99. The van der Waals surface area contributed by atoms with Crippen LogP contribution in [-0.4, -0.2) is 24.1 Å². The zero-order valence-corrected chi connectivity index (χ0v) is 14.7. The van der Waals surface area contributed by atoms with Crippen LogP contribution in [0.5, 0.6) is 11.5 Å². The number of anilines is 1. The van der Waals surface area contributed by atoms with E-state index in [0.717, 1.165) is 33.7 Å². The molecule has 2 aromatic carbocycles. The van der Waals surface area contributed by atoms with Crippen LogP contribution in [0.15, 0.2) is 60.8 Å². The van der Waals surface area contributed by atoms with Gasteiger partial charge in [0.1, 0.15) is 17.1 Å². The Balaban J connectivity index is 1.57. The van der Waals surface area contributed by atoms with Crippen molar-refractivity contribution in [3.05, 3.63) is 60.8 Å². The summed E-state index contributed by atoms with van der Waals surface area (Å²) >= 11 is 1.25. The molecule has 0 fully saturated rings. The molecule has 0 bridgehead atoms. The number of H-pyrrole nitrogens is 1. The van der Waals surface area contributed by atoms with Gasteiger partial charge >= 0.3 is 0 Å². The summed E-state index contributed by atoms with van der Waals surface area (Å²) in [5.74, 6) is 1.50. The predicted molar refractivity (Wildman–Crippen MR) is 103 cm³/mol. The largest absolute Gasteiger partial charge is 0.497 e. The molecule has 0 aliphatic heterocycles. The number of ether oxygens (including phenoxy) is 1. The van der Waals surface area contributed by atoms with Crippen LogP contribution in [0.3, 0.4) is 0 Å². The first-order valence-electron chi connectivity index (χ1n) is 7.83. The lowest BCUT2D eigenvalue weighted by atomic mass is 10.2. The molecule has 0 unspecified atom stereocenters. The second-order valence-electron chi connectivity index (χ2n) is 5.59. The number of aromatic nitrogens is 2. The molecule has 5 nitrogen and oxygen atoms in total. The highest BCUT2D eigenvalue weighted by molar-refractivity contribution is 7.96. The first kappa shape index (κ1) is 15.7. The normalized spacial score (nSPS) is 11.0. The lowest BCUT2D eigenvalue weighted by molar-refractivity contribution is 0.413. The fourth-order valence-electron chi connectivity index (χ4n) is 2.68. The molecule has 25 heavy (non-hydrogen) atoms. The summed E-state index contributed by atoms with van der Waals surface area (Å²) in [5, 5.41) is 2.26. The van der Waals surface area contributed by atoms with Crippen molar-refractivity contribution >= 4 is 39.9 Å². The van der Waals surface area contributed by atoms with Crippen LogP contribution in [0.1, 0.15) is 0 Å². The van der Waals surface area contributed by atoms with Crippen LogP contribution in [-0.2, 0) is 0 Å². The van der Waals surface area contributed by atoms with Crippen LogP contribution < -0.4 is 13.2 Å². The van der Waals surface area contributed by atoms with Crippen LogP contribution in [0.4, 0.5) is 5.69 Å². The number of aromatic amines is 1. The fourth-order valence-corrected chi connectivity index (χ4v) is 3.17. The monoisotopic (exact) mass is 351 g/mol. The zero-order valence-electron chi connectivity index (χ0n) is 13.9. The van der Waals surface area contributed by atoms with Crippen LogP contribution in [0.25, 0.3) is 21.9 Å². The molecule has 2 heterocycles. The highest BCUT2D eigenvalue weighted by Gasteiger charge is 2.10. The summed E-state index contributed by atoms with van der Waals surface area (Å²) in [4.78, 5) is 7.87. The minimum absolute atomic E-state index is 0.734. The van der Waals surface area contributed by atoms with Crippen molar-refractivity contribution in [2.45, 2.75) is 0 Å². The van der Waals surface area contributed by atoms with E-state index >= 15 is 0 Å². The van der Waals surface area contributed by atoms with Crippen LogP contribution in [0, 0.1) is 0 Å². The van der Waals surface area contributed by atoms with E-state index in [0.29, 0.717) is 0 Å². The van der Waals surface area contributed by atoms with E-state index in [2.05, 4.69) is 28.2 Å². The van der Waals surface area contributed by atoms with Gasteiger partial charge in [-0.05, 0) is 24.3 Å². The van der Waals surface area contributed by atoms with Gasteiger partial charge in [-0.25, -0.2) is 4.98 Å². The van der Waals surface area contributed by atoms with Gasteiger partial charge in [-0.15, -0.1) is 0 Å². The van der Waals surface area contributed by atoms with E-state index in [4.69, 9.17) is 8.92 Å². The minimum atomic E-state index is 0.734. The zero-order chi connectivity index (χ0) is 17.2. The first-order valence-corrected chi connectivity index (χ1v) is 8.53. The fraction of sp³-hybridized carbons (Fsp3) is 0.105. The minimum Gasteiger partial charge on any atom is -0.497 e. The number of methoxy groups -OCH3 is 1. The first-order chi connectivity index (χ1) is 12.2. The van der Waals surface area contributed by atoms with Gasteiger partial charge < -0.3 is 13.9 Å². The molecule has 4 aromatic rings. The summed E-state index contributed by atoms with van der Waals surface area (Å²) in [6, 6.07) is 17.8. The van der Waals surface area contributed by atoms with Crippen molar-refractivity contribution in [1.29, 1.82) is 0 Å². The molecule has 6 heteroatoms. The van der Waals surface area contributed by atoms with Gasteiger partial charge in [-0.2, -0.15) is 0 Å². The summed E-state index contributed by atoms with van der Waals surface area (Å²) in [7, 11) is 3.59. The number of rotatable bonds is 5. The number of hydrogen-bond donors (Lipinski definition) is 1. The molecule has 0 radical (unpaired) electrons. The second-order valence-corrected chi connectivity index (χ2v) is 6.46. The predicted octanol–water partition coefficient (Wildman–Crippen LogP) is 4.80. The number of pyridine rings is 1. The third-order valence-corrected chi connectivity index (χ3v) is 4.70. The Morgan fingerprint density at radius 2 is 1.84 bits per heavy atom. The third kappa shape index (κ3) is 3.08. The molecule has 2 aromatic heterocycles. The SMILES string of the molecule is COc1cccc(OSN(C)c2cnc3[nH]c4ccccc4c3c2)c1. The van der Waals surface area contributed by atoms with Gasteiger partial charge in [0.05, 0.1) is 19.0 Å². The van der Waals surface area contributed by atoms with E-state index in [-0.39, 0.29) is 0 Å². The number of nitrogens with one attached hydrogen (secondary N) is 1. The molecule has 0 amide bonds. The Kier molecular flexibility index (Phi) is 4.11. The average Bonchev–Trinajstić information content (AvgIpc) is 3.04. The average molecular weight is 351 g/mol. The van der Waals surface area contributed by atoms with Gasteiger partial charge in [-0.1, -0.05) is 24.3 Å². The van der Waals surface area contributed by atoms with Crippen molar-refractivity contribution < 1.29 is 8.92 Å². The molecule has 0 saturated carbocycles. The van der Waals surface area contributed by atoms with E-state index < -0.39 is 0 Å². The Morgan fingerprint density at radius 1 is 1.00 bits per heavy atom. The Labute approximate surface area is 149 Å². The lowest BCUT2D eigenvalue weighted by Gasteiger charge is -2.16. The summed E-state index contributed by atoms with van der Waals surface area (Å²) < 4.78 is 12.9. The molecule has 126 valence electrons. The summed E-state index contributed by atoms with van der Waals surface area (Å²) in [6.45, 7) is 0. The van der Waals surface area contributed by atoms with Crippen molar-refractivity contribution in [3.8, 4) is 11.5 Å². The maximum absolute atomic E-state index is 5.77. The van der Waals surface area contributed by atoms with Crippen molar-refractivity contribution in [2.24, 2.45) is 0 Å². The Bertz CT molecular complexity index is 1030. The number of nitrogens with zero attached hydrogens (tertiary/aromatic N) is 2. The van der Waals surface area contributed by atoms with E-state index in [1.165, 1.54) is 17.6 Å². The Morgan fingerprint density at radius 3 is 2.72 bits per heavy atom. The smallest absolute Gasteiger partial charge is 0.179 e. The number of para-hydroxylation sites is 1. The van der Waals surface area contributed by atoms with Gasteiger partial charge in [-0.3, -0.25) is 4.31 Å². The number of fused-ring (bicyclic) bond motifs is 3. The molecule has 0 spiro atoms. The van der Waals surface area contributed by atoms with Gasteiger partial charge in [0, 0.05) is 29.4 Å². The second kappa shape index (κ2) is 6.57. The maximum Gasteiger partial charge on any atom is 0.179 e. The van der Waals surface area contributed by atoms with Crippen LogP contribution >= 0.6 is 12.2 Å². The molecule has 0 aliphatic rings. The van der Waals surface area contributed by atoms with E-state index in [9.17, 15) is 0 Å². The van der Waals surface area contributed by atoms with Crippen molar-refractivity contribution in [3.63, 3.8) is 0 Å². The highest BCUT2D eigenvalue weighted by Crippen LogP contribution is 2.30. The Hall–Kier alpha value is -2.86. The molecule has 0 atom stereocenters. The topological polar surface area (TPSA) is 50.4 Å². The molecule has 0 saturated heterocycles. The quantitative estimate of drug-likeness (QED) is 0.413.